The molecule has 0 spiro atoms. The van der Waals surface area contributed by atoms with Gasteiger partial charge < -0.3 is 0 Å². The van der Waals surface area contributed by atoms with Crippen molar-refractivity contribution in [2.75, 3.05) is 5.34 Å². The number of carbonyl (C=O) groups excluding carboxylic acids is 1. The standard InChI is InChI=1S/C7H4F2O.CH2Cl2/c8-6-1-2-7(9)5(3-6)4-10;2-1-3/h1-4H;1H2. The molecule has 1 nitrogen and oxygen atoms in total. The molecule has 0 saturated carbocycles. The molecule has 0 saturated heterocycles. The second-order valence-electron chi connectivity index (χ2n) is 1.88. The van der Waals surface area contributed by atoms with Crippen LogP contribution in [0.1, 0.15) is 10.4 Å². The van der Waals surface area contributed by atoms with E-state index in [1.807, 2.05) is 0 Å². The molecule has 0 N–H and O–H groups in total. The van der Waals surface area contributed by atoms with Gasteiger partial charge in [-0.1, -0.05) is 0 Å². The van der Waals surface area contributed by atoms with Gasteiger partial charge in [-0.15, -0.1) is 23.2 Å². The topological polar surface area (TPSA) is 17.1 Å². The minimum atomic E-state index is -0.698. The molecule has 0 aromatic heterocycles. The van der Waals surface area contributed by atoms with E-state index in [4.69, 9.17) is 23.2 Å². The lowest BCUT2D eigenvalue weighted by atomic mass is 10.2. The quantitative estimate of drug-likeness (QED) is 0.531. The third kappa shape index (κ3) is 4.80. The van der Waals surface area contributed by atoms with E-state index < -0.39 is 11.6 Å². The Labute approximate surface area is 84.3 Å². The largest absolute Gasteiger partial charge is 0.298 e. The van der Waals surface area contributed by atoms with Crippen molar-refractivity contribution in [3.05, 3.63) is 35.4 Å². The van der Waals surface area contributed by atoms with Crippen molar-refractivity contribution in [2.24, 2.45) is 0 Å². The average molecular weight is 227 g/mol. The summed E-state index contributed by atoms with van der Waals surface area (Å²) in [6.07, 6.45) is 0.276. The Balaban J connectivity index is 0.000000424. The van der Waals surface area contributed by atoms with Gasteiger partial charge >= 0.3 is 0 Å². The minimum Gasteiger partial charge on any atom is -0.298 e. The SMILES string of the molecule is ClCCl.O=Cc1cc(F)ccc1F. The number of hydrogen-bond donors (Lipinski definition) is 0. The number of benzene rings is 1. The molecule has 0 aliphatic rings. The molecule has 0 radical (unpaired) electrons. The number of alkyl halides is 2. The van der Waals surface area contributed by atoms with E-state index in [-0.39, 0.29) is 17.2 Å². The minimum absolute atomic E-state index is 0.194. The van der Waals surface area contributed by atoms with Crippen LogP contribution in [0.15, 0.2) is 18.2 Å². The average Bonchev–Trinajstić information content (AvgIpc) is 2.10. The van der Waals surface area contributed by atoms with Gasteiger partial charge in [0.15, 0.2) is 6.29 Å². The predicted molar refractivity (Wildman–Crippen MR) is 48.3 cm³/mol. The summed E-state index contributed by atoms with van der Waals surface area (Å²) >= 11 is 9.53. The Morgan fingerprint density at radius 2 is 1.85 bits per heavy atom. The van der Waals surface area contributed by atoms with Crippen LogP contribution in [0.3, 0.4) is 0 Å². The zero-order chi connectivity index (χ0) is 10.3. The van der Waals surface area contributed by atoms with Gasteiger partial charge in [0, 0.05) is 0 Å². The summed E-state index contributed by atoms with van der Waals surface area (Å²) in [6.45, 7) is 0. The summed E-state index contributed by atoms with van der Waals surface area (Å²) < 4.78 is 24.6. The fraction of sp³-hybridized carbons (Fsp3) is 0.125. The van der Waals surface area contributed by atoms with Crippen LogP contribution in [-0.2, 0) is 0 Å². The number of hydrogen-bond acceptors (Lipinski definition) is 1. The van der Waals surface area contributed by atoms with E-state index in [2.05, 4.69) is 0 Å². The summed E-state index contributed by atoms with van der Waals surface area (Å²) in [6, 6.07) is 2.73. The molecule has 0 amide bonds. The fourth-order valence-corrected chi connectivity index (χ4v) is 0.605. The molecule has 1 aromatic rings. The summed E-state index contributed by atoms with van der Waals surface area (Å²) in [5.41, 5.74) is -0.250. The monoisotopic (exact) mass is 226 g/mol. The van der Waals surface area contributed by atoms with E-state index in [9.17, 15) is 13.6 Å². The molecule has 72 valence electrons. The molecule has 5 heteroatoms. The van der Waals surface area contributed by atoms with Crippen LogP contribution < -0.4 is 0 Å². The van der Waals surface area contributed by atoms with Crippen LogP contribution in [-0.4, -0.2) is 11.6 Å². The zero-order valence-corrected chi connectivity index (χ0v) is 7.95. The zero-order valence-electron chi connectivity index (χ0n) is 6.44. The predicted octanol–water partition coefficient (Wildman–Crippen LogP) is 3.20. The maximum atomic E-state index is 12.4. The van der Waals surface area contributed by atoms with E-state index in [1.54, 1.807) is 0 Å². The summed E-state index contributed by atoms with van der Waals surface area (Å²) in [7, 11) is 0. The molecule has 0 fully saturated rings. The molecule has 0 heterocycles. The van der Waals surface area contributed by atoms with Crippen LogP contribution in [0, 0.1) is 11.6 Å². The third-order valence-electron chi connectivity index (χ3n) is 1.09. The van der Waals surface area contributed by atoms with Gasteiger partial charge in [-0.2, -0.15) is 0 Å². The van der Waals surface area contributed by atoms with Crippen molar-refractivity contribution in [1.29, 1.82) is 0 Å². The highest BCUT2D eigenvalue weighted by atomic mass is 35.5. The molecule has 13 heavy (non-hydrogen) atoms. The molecular formula is C8H6Cl2F2O. The van der Waals surface area contributed by atoms with E-state index in [0.29, 0.717) is 0 Å². The Hall–Kier alpha value is -0.670. The highest BCUT2D eigenvalue weighted by Crippen LogP contribution is 2.06. The second-order valence-corrected chi connectivity index (χ2v) is 2.69. The first-order valence-corrected chi connectivity index (χ1v) is 4.24. The highest BCUT2D eigenvalue weighted by Gasteiger charge is 2.00. The van der Waals surface area contributed by atoms with Crippen LogP contribution in [0.5, 0.6) is 0 Å². The molecule has 0 bridgehead atoms. The number of rotatable bonds is 1. The molecule has 0 aliphatic carbocycles. The Morgan fingerprint density at radius 1 is 1.31 bits per heavy atom. The van der Waals surface area contributed by atoms with Gasteiger partial charge in [0.2, 0.25) is 0 Å². The van der Waals surface area contributed by atoms with E-state index >= 15 is 0 Å². The van der Waals surface area contributed by atoms with Crippen molar-refractivity contribution in [2.45, 2.75) is 0 Å². The Bertz CT molecular complexity index is 279. The second kappa shape index (κ2) is 6.80. The van der Waals surface area contributed by atoms with E-state index in [0.717, 1.165) is 18.2 Å². The Morgan fingerprint density at radius 3 is 2.23 bits per heavy atom. The van der Waals surface area contributed by atoms with Crippen molar-refractivity contribution in [3.8, 4) is 0 Å². The number of halogens is 4. The van der Waals surface area contributed by atoms with Gasteiger partial charge in [-0.3, -0.25) is 4.79 Å². The molecule has 1 aromatic carbocycles. The van der Waals surface area contributed by atoms with E-state index in [1.165, 1.54) is 0 Å². The van der Waals surface area contributed by atoms with Crippen LogP contribution in [0.25, 0.3) is 0 Å². The lowest BCUT2D eigenvalue weighted by Crippen LogP contribution is -1.87. The van der Waals surface area contributed by atoms with Crippen LogP contribution >= 0.6 is 23.2 Å². The first kappa shape index (κ1) is 12.3. The van der Waals surface area contributed by atoms with Gasteiger partial charge in [-0.05, 0) is 18.2 Å². The third-order valence-corrected chi connectivity index (χ3v) is 1.09. The first-order chi connectivity index (χ1) is 6.15. The van der Waals surface area contributed by atoms with Gasteiger partial charge in [0.05, 0.1) is 10.9 Å². The van der Waals surface area contributed by atoms with Crippen molar-refractivity contribution >= 4 is 29.5 Å². The molecular weight excluding hydrogens is 221 g/mol. The molecule has 0 aliphatic heterocycles. The fourth-order valence-electron chi connectivity index (χ4n) is 0.605. The summed E-state index contributed by atoms with van der Waals surface area (Å²) in [5, 5.41) is 0.194. The Kier molecular flexibility index (Phi) is 6.45. The van der Waals surface area contributed by atoms with Crippen LogP contribution in [0.4, 0.5) is 8.78 Å². The maximum Gasteiger partial charge on any atom is 0.153 e. The van der Waals surface area contributed by atoms with Crippen molar-refractivity contribution < 1.29 is 13.6 Å². The summed E-state index contributed by atoms with van der Waals surface area (Å²) in [5.74, 6) is -1.31. The van der Waals surface area contributed by atoms with Crippen LogP contribution in [0.2, 0.25) is 0 Å². The lowest BCUT2D eigenvalue weighted by molar-refractivity contribution is 0.111. The first-order valence-electron chi connectivity index (χ1n) is 3.17. The molecule has 0 unspecified atom stereocenters. The molecule has 0 atom stereocenters. The molecule has 1 rings (SSSR count). The normalized spacial score (nSPS) is 8.62. The maximum absolute atomic E-state index is 12.4. The highest BCUT2D eigenvalue weighted by molar-refractivity contribution is 6.40. The van der Waals surface area contributed by atoms with Gasteiger partial charge in [0.1, 0.15) is 11.6 Å². The number of carbonyl (C=O) groups is 1. The number of aldehydes is 1. The van der Waals surface area contributed by atoms with Crippen molar-refractivity contribution in [1.82, 2.24) is 0 Å². The van der Waals surface area contributed by atoms with Gasteiger partial charge in [0.25, 0.3) is 0 Å². The summed E-state index contributed by atoms with van der Waals surface area (Å²) in [4.78, 5) is 9.97. The van der Waals surface area contributed by atoms with Gasteiger partial charge in [-0.25, -0.2) is 8.78 Å². The lowest BCUT2D eigenvalue weighted by Gasteiger charge is -1.91. The van der Waals surface area contributed by atoms with Crippen molar-refractivity contribution in [3.63, 3.8) is 0 Å². The smallest absolute Gasteiger partial charge is 0.153 e.